The number of benzene rings is 1. The topological polar surface area (TPSA) is 60.2 Å². The minimum absolute atomic E-state index is 0. The van der Waals surface area contributed by atoms with Crippen molar-refractivity contribution in [1.82, 2.24) is 15.5 Å². The van der Waals surface area contributed by atoms with Gasteiger partial charge in [-0.15, -0.1) is 12.4 Å². The molecule has 2 rings (SSSR count). The van der Waals surface area contributed by atoms with Gasteiger partial charge in [-0.1, -0.05) is 17.3 Å². The quantitative estimate of drug-likeness (QED) is 0.888. The van der Waals surface area contributed by atoms with E-state index in [1.807, 2.05) is 14.0 Å². The van der Waals surface area contributed by atoms with Crippen LogP contribution in [0.1, 0.15) is 31.7 Å². The van der Waals surface area contributed by atoms with Crippen molar-refractivity contribution in [1.29, 1.82) is 0 Å². The molecule has 0 bridgehead atoms. The van der Waals surface area contributed by atoms with Gasteiger partial charge in [-0.2, -0.15) is 4.98 Å². The summed E-state index contributed by atoms with van der Waals surface area (Å²) in [7, 11) is 1.87. The molecule has 1 heterocycles. The SMILES string of the molecule is CNC(C)Cc1noc(C(C)Oc2ccccc2F)n1.Cl. The lowest BCUT2D eigenvalue weighted by Gasteiger charge is -2.11. The van der Waals surface area contributed by atoms with Crippen LogP contribution >= 0.6 is 12.4 Å². The van der Waals surface area contributed by atoms with Crippen LogP contribution in [0.25, 0.3) is 0 Å². The first-order chi connectivity index (χ1) is 9.60. The minimum atomic E-state index is -0.502. The van der Waals surface area contributed by atoms with Gasteiger partial charge in [0.25, 0.3) is 5.89 Å². The van der Waals surface area contributed by atoms with E-state index >= 15 is 0 Å². The molecule has 0 amide bonds. The van der Waals surface area contributed by atoms with E-state index in [1.54, 1.807) is 25.1 Å². The second kappa shape index (κ2) is 7.95. The van der Waals surface area contributed by atoms with Gasteiger partial charge < -0.3 is 14.6 Å². The van der Waals surface area contributed by atoms with Crippen molar-refractivity contribution in [3.63, 3.8) is 0 Å². The molecule has 0 spiro atoms. The Morgan fingerprint density at radius 2 is 2.05 bits per heavy atom. The fourth-order valence-corrected chi connectivity index (χ4v) is 1.67. The highest BCUT2D eigenvalue weighted by molar-refractivity contribution is 5.85. The molecular formula is C14H19ClFN3O2. The van der Waals surface area contributed by atoms with Crippen LogP contribution in [0, 0.1) is 5.82 Å². The van der Waals surface area contributed by atoms with Gasteiger partial charge in [0.15, 0.2) is 23.5 Å². The Balaban J connectivity index is 0.00000220. The van der Waals surface area contributed by atoms with Crippen LogP contribution in [0.3, 0.4) is 0 Å². The number of nitrogens with one attached hydrogen (secondary N) is 1. The van der Waals surface area contributed by atoms with Crippen molar-refractivity contribution < 1.29 is 13.7 Å². The fraction of sp³-hybridized carbons (Fsp3) is 0.429. The third-order valence-electron chi connectivity index (χ3n) is 2.95. The lowest BCUT2D eigenvalue weighted by Crippen LogP contribution is -2.24. The first kappa shape index (κ1) is 17.4. The van der Waals surface area contributed by atoms with Gasteiger partial charge in [0, 0.05) is 12.5 Å². The molecule has 0 aliphatic rings. The molecule has 0 fully saturated rings. The second-order valence-corrected chi connectivity index (χ2v) is 4.63. The highest BCUT2D eigenvalue weighted by Crippen LogP contribution is 2.23. The van der Waals surface area contributed by atoms with Gasteiger partial charge in [0.2, 0.25) is 0 Å². The molecule has 21 heavy (non-hydrogen) atoms. The summed E-state index contributed by atoms with van der Waals surface area (Å²) >= 11 is 0. The van der Waals surface area contributed by atoms with Crippen molar-refractivity contribution >= 4 is 12.4 Å². The highest BCUT2D eigenvalue weighted by Gasteiger charge is 2.18. The molecule has 0 saturated heterocycles. The molecule has 0 aliphatic carbocycles. The first-order valence-corrected chi connectivity index (χ1v) is 6.51. The average Bonchev–Trinajstić information content (AvgIpc) is 2.89. The number of ether oxygens (including phenoxy) is 1. The van der Waals surface area contributed by atoms with Crippen molar-refractivity contribution in [2.24, 2.45) is 0 Å². The van der Waals surface area contributed by atoms with Gasteiger partial charge in [-0.3, -0.25) is 0 Å². The summed E-state index contributed by atoms with van der Waals surface area (Å²) in [4.78, 5) is 4.26. The molecule has 0 radical (unpaired) electrons. The molecule has 2 unspecified atom stereocenters. The maximum atomic E-state index is 13.5. The zero-order chi connectivity index (χ0) is 14.5. The van der Waals surface area contributed by atoms with Crippen molar-refractivity contribution in [3.05, 3.63) is 41.8 Å². The standard InChI is InChI=1S/C14H18FN3O2.ClH/c1-9(16-3)8-13-17-14(20-18-13)10(2)19-12-7-5-4-6-11(12)15;/h4-7,9-10,16H,8H2,1-3H3;1H. The number of para-hydroxylation sites is 1. The molecule has 0 saturated carbocycles. The van der Waals surface area contributed by atoms with Crippen LogP contribution in [0.2, 0.25) is 0 Å². The number of halogens is 2. The Hall–Kier alpha value is -1.66. The molecule has 0 aliphatic heterocycles. The van der Waals surface area contributed by atoms with E-state index < -0.39 is 11.9 Å². The lowest BCUT2D eigenvalue weighted by molar-refractivity contribution is 0.169. The number of hydrogen-bond donors (Lipinski definition) is 1. The van der Waals surface area contributed by atoms with Gasteiger partial charge >= 0.3 is 0 Å². The van der Waals surface area contributed by atoms with Crippen LogP contribution in [-0.2, 0) is 6.42 Å². The monoisotopic (exact) mass is 315 g/mol. The van der Waals surface area contributed by atoms with E-state index in [-0.39, 0.29) is 24.2 Å². The van der Waals surface area contributed by atoms with E-state index in [2.05, 4.69) is 15.5 Å². The zero-order valence-electron chi connectivity index (χ0n) is 12.2. The number of hydrogen-bond acceptors (Lipinski definition) is 5. The van der Waals surface area contributed by atoms with Crippen LogP contribution in [0.5, 0.6) is 5.75 Å². The van der Waals surface area contributed by atoms with E-state index in [0.717, 1.165) is 0 Å². The summed E-state index contributed by atoms with van der Waals surface area (Å²) in [6.07, 6.45) is 0.157. The highest BCUT2D eigenvalue weighted by atomic mass is 35.5. The Bertz CT molecular complexity index is 565. The lowest BCUT2D eigenvalue weighted by atomic mass is 10.2. The Morgan fingerprint density at radius 3 is 2.71 bits per heavy atom. The van der Waals surface area contributed by atoms with Gasteiger partial charge in [-0.05, 0) is 33.0 Å². The molecule has 116 valence electrons. The average molecular weight is 316 g/mol. The van der Waals surface area contributed by atoms with E-state index in [4.69, 9.17) is 9.26 Å². The summed E-state index contributed by atoms with van der Waals surface area (Å²) < 4.78 is 24.1. The fourth-order valence-electron chi connectivity index (χ4n) is 1.67. The van der Waals surface area contributed by atoms with E-state index in [1.165, 1.54) is 6.07 Å². The molecule has 5 nitrogen and oxygen atoms in total. The molecule has 7 heteroatoms. The number of likely N-dealkylation sites (N-methyl/N-ethyl adjacent to an activating group) is 1. The van der Waals surface area contributed by atoms with Crippen molar-refractivity contribution in [3.8, 4) is 5.75 Å². The Kier molecular flexibility index (Phi) is 6.58. The summed E-state index contributed by atoms with van der Waals surface area (Å²) in [5, 5.41) is 6.99. The molecule has 1 N–H and O–H groups in total. The minimum Gasteiger partial charge on any atom is -0.478 e. The van der Waals surface area contributed by atoms with Crippen molar-refractivity contribution in [2.45, 2.75) is 32.4 Å². The van der Waals surface area contributed by atoms with Crippen LogP contribution < -0.4 is 10.1 Å². The molecule has 1 aromatic carbocycles. The predicted molar refractivity (Wildman–Crippen MR) is 79.2 cm³/mol. The van der Waals surface area contributed by atoms with Gasteiger partial charge in [0.1, 0.15) is 0 Å². The van der Waals surface area contributed by atoms with Crippen LogP contribution in [-0.4, -0.2) is 23.2 Å². The normalized spacial score (nSPS) is 13.3. The second-order valence-electron chi connectivity index (χ2n) is 4.63. The zero-order valence-corrected chi connectivity index (χ0v) is 13.0. The van der Waals surface area contributed by atoms with Gasteiger partial charge in [0.05, 0.1) is 0 Å². The van der Waals surface area contributed by atoms with Crippen molar-refractivity contribution in [2.75, 3.05) is 7.05 Å². The van der Waals surface area contributed by atoms with E-state index in [0.29, 0.717) is 18.1 Å². The number of nitrogens with zero attached hydrogens (tertiary/aromatic N) is 2. The summed E-state index contributed by atoms with van der Waals surface area (Å²) in [6, 6.07) is 6.47. The van der Waals surface area contributed by atoms with Crippen LogP contribution in [0.15, 0.2) is 28.8 Å². The third kappa shape index (κ3) is 4.68. The predicted octanol–water partition coefficient (Wildman–Crippen LogP) is 2.92. The van der Waals surface area contributed by atoms with Gasteiger partial charge in [-0.25, -0.2) is 4.39 Å². The Labute approximate surface area is 129 Å². The number of rotatable bonds is 6. The summed E-state index contributed by atoms with van der Waals surface area (Å²) in [5.41, 5.74) is 0. The molecule has 2 atom stereocenters. The maximum absolute atomic E-state index is 13.5. The molecule has 2 aromatic rings. The summed E-state index contributed by atoms with van der Waals surface area (Å²) in [6.45, 7) is 3.76. The van der Waals surface area contributed by atoms with E-state index in [9.17, 15) is 4.39 Å². The molecular weight excluding hydrogens is 297 g/mol. The Morgan fingerprint density at radius 1 is 1.33 bits per heavy atom. The smallest absolute Gasteiger partial charge is 0.267 e. The maximum Gasteiger partial charge on any atom is 0.267 e. The summed E-state index contributed by atoms with van der Waals surface area (Å²) in [5.74, 6) is 0.698. The number of aromatic nitrogens is 2. The molecule has 1 aromatic heterocycles. The van der Waals surface area contributed by atoms with Crippen LogP contribution in [0.4, 0.5) is 4.39 Å². The first-order valence-electron chi connectivity index (χ1n) is 6.51. The third-order valence-corrected chi connectivity index (χ3v) is 2.95. The largest absolute Gasteiger partial charge is 0.478 e.